The molecule has 0 atom stereocenters. The first-order valence-corrected chi connectivity index (χ1v) is 11.1. The minimum Gasteiger partial charge on any atom is -0.482 e. The van der Waals surface area contributed by atoms with Gasteiger partial charge in [0.25, 0.3) is 5.91 Å². The Morgan fingerprint density at radius 3 is 2.35 bits per heavy atom. The van der Waals surface area contributed by atoms with Gasteiger partial charge in [0.1, 0.15) is 5.75 Å². The Morgan fingerprint density at radius 1 is 0.968 bits per heavy atom. The highest BCUT2D eigenvalue weighted by molar-refractivity contribution is 5.96. The lowest BCUT2D eigenvalue weighted by Gasteiger charge is -2.28. The van der Waals surface area contributed by atoms with Crippen LogP contribution >= 0.6 is 0 Å². The lowest BCUT2D eigenvalue weighted by atomic mass is 9.87. The minimum absolute atomic E-state index is 0.0608. The van der Waals surface area contributed by atoms with E-state index in [0.29, 0.717) is 23.9 Å². The number of amides is 2. The Hall–Kier alpha value is -2.86. The van der Waals surface area contributed by atoms with E-state index in [1.807, 2.05) is 48.5 Å². The molecule has 0 aliphatic heterocycles. The second-order valence-electron chi connectivity index (χ2n) is 8.09. The largest absolute Gasteiger partial charge is 0.482 e. The van der Waals surface area contributed by atoms with Crippen molar-refractivity contribution >= 4 is 23.2 Å². The number of ether oxygens (including phenoxy) is 1. The van der Waals surface area contributed by atoms with E-state index in [9.17, 15) is 9.59 Å². The van der Waals surface area contributed by atoms with Gasteiger partial charge in [-0.2, -0.15) is 0 Å². The van der Waals surface area contributed by atoms with Gasteiger partial charge in [-0.05, 0) is 36.6 Å². The molecule has 0 bridgehead atoms. The number of para-hydroxylation sites is 3. The molecule has 0 heterocycles. The molecule has 2 aromatic carbocycles. The molecule has 166 valence electrons. The van der Waals surface area contributed by atoms with E-state index in [1.54, 1.807) is 22.9 Å². The summed E-state index contributed by atoms with van der Waals surface area (Å²) in [6.07, 6.45) is 7.25. The van der Waals surface area contributed by atoms with Gasteiger partial charge in [0, 0.05) is 19.3 Å². The fourth-order valence-electron chi connectivity index (χ4n) is 4.11. The van der Waals surface area contributed by atoms with Crippen LogP contribution in [0.15, 0.2) is 54.6 Å². The smallest absolute Gasteiger partial charge is 0.264 e. The first-order chi connectivity index (χ1) is 15.1. The molecule has 2 aromatic rings. The van der Waals surface area contributed by atoms with Crippen LogP contribution in [0.1, 0.15) is 38.5 Å². The van der Waals surface area contributed by atoms with E-state index in [-0.39, 0.29) is 25.0 Å². The summed E-state index contributed by atoms with van der Waals surface area (Å²) in [4.78, 5) is 28.5. The Kier molecular flexibility index (Phi) is 8.47. The van der Waals surface area contributed by atoms with Crippen molar-refractivity contribution in [2.24, 2.45) is 11.7 Å². The second kappa shape index (κ2) is 11.5. The van der Waals surface area contributed by atoms with Crippen LogP contribution in [-0.2, 0) is 9.59 Å². The van der Waals surface area contributed by atoms with Crippen LogP contribution in [0.3, 0.4) is 0 Å². The van der Waals surface area contributed by atoms with Crippen LogP contribution < -0.4 is 20.3 Å². The van der Waals surface area contributed by atoms with Crippen LogP contribution in [0.4, 0.5) is 11.4 Å². The molecule has 3 rings (SSSR count). The third-order valence-corrected chi connectivity index (χ3v) is 5.99. The number of anilines is 2. The number of carbonyl (C=O) groups is 2. The summed E-state index contributed by atoms with van der Waals surface area (Å²) >= 11 is 0. The summed E-state index contributed by atoms with van der Waals surface area (Å²) in [5.74, 6) is 0.860. The molecule has 0 aromatic heterocycles. The van der Waals surface area contributed by atoms with Crippen molar-refractivity contribution in [2.75, 3.05) is 36.5 Å². The zero-order valence-electron chi connectivity index (χ0n) is 18.3. The first-order valence-electron chi connectivity index (χ1n) is 11.1. The Morgan fingerprint density at radius 2 is 1.65 bits per heavy atom. The molecule has 1 saturated carbocycles. The monoisotopic (exact) mass is 423 g/mol. The molecule has 1 fully saturated rings. The van der Waals surface area contributed by atoms with E-state index in [2.05, 4.69) is 0 Å². The van der Waals surface area contributed by atoms with Gasteiger partial charge in [0.05, 0.1) is 12.2 Å². The maximum atomic E-state index is 12.6. The van der Waals surface area contributed by atoms with Crippen LogP contribution in [0.25, 0.3) is 0 Å². The van der Waals surface area contributed by atoms with Crippen molar-refractivity contribution in [1.29, 1.82) is 0 Å². The summed E-state index contributed by atoms with van der Waals surface area (Å²) in [6, 6.07) is 16.8. The maximum absolute atomic E-state index is 12.6. The van der Waals surface area contributed by atoms with Crippen LogP contribution in [-0.4, -0.2) is 38.6 Å². The fourth-order valence-corrected chi connectivity index (χ4v) is 4.11. The Labute approximate surface area is 185 Å². The van der Waals surface area contributed by atoms with Gasteiger partial charge in [0.15, 0.2) is 6.61 Å². The molecule has 0 radical (unpaired) electrons. The van der Waals surface area contributed by atoms with E-state index < -0.39 is 0 Å². The number of carbonyl (C=O) groups excluding carboxylic acids is 2. The molecular weight excluding hydrogens is 390 g/mol. The summed E-state index contributed by atoms with van der Waals surface area (Å²) in [6.45, 7) is 0.434. The average Bonchev–Trinajstić information content (AvgIpc) is 2.83. The maximum Gasteiger partial charge on any atom is 0.264 e. The van der Waals surface area contributed by atoms with Crippen LogP contribution in [0.2, 0.25) is 0 Å². The van der Waals surface area contributed by atoms with E-state index in [1.165, 1.54) is 32.1 Å². The Bertz CT molecular complexity index is 850. The van der Waals surface area contributed by atoms with E-state index >= 15 is 0 Å². The summed E-state index contributed by atoms with van der Waals surface area (Å²) in [5.41, 5.74) is 7.18. The summed E-state index contributed by atoms with van der Waals surface area (Å²) < 4.78 is 5.88. The number of rotatable bonds is 9. The lowest BCUT2D eigenvalue weighted by molar-refractivity contribution is -0.120. The Balaban J connectivity index is 1.68. The molecular formula is C25H33N3O3. The van der Waals surface area contributed by atoms with Gasteiger partial charge in [-0.25, -0.2) is 0 Å². The van der Waals surface area contributed by atoms with E-state index in [4.69, 9.17) is 10.5 Å². The number of hydrogen-bond donors (Lipinski definition) is 1. The van der Waals surface area contributed by atoms with Gasteiger partial charge in [-0.15, -0.1) is 0 Å². The zero-order valence-corrected chi connectivity index (χ0v) is 18.3. The zero-order chi connectivity index (χ0) is 22.1. The molecule has 6 nitrogen and oxygen atoms in total. The molecule has 2 N–H and O–H groups in total. The van der Waals surface area contributed by atoms with Gasteiger partial charge >= 0.3 is 0 Å². The highest BCUT2D eigenvalue weighted by Crippen LogP contribution is 2.31. The SMILES string of the molecule is CN(C(=O)COc1ccccc1N(CCC1CCCCC1)C(=O)CN)c1ccccc1. The molecule has 31 heavy (non-hydrogen) atoms. The minimum atomic E-state index is -0.167. The molecule has 1 aliphatic carbocycles. The highest BCUT2D eigenvalue weighted by atomic mass is 16.5. The van der Waals surface area contributed by atoms with Gasteiger partial charge in [-0.1, -0.05) is 62.4 Å². The average molecular weight is 424 g/mol. The number of likely N-dealkylation sites (N-methyl/N-ethyl adjacent to an activating group) is 1. The number of hydrogen-bond acceptors (Lipinski definition) is 4. The number of benzene rings is 2. The van der Waals surface area contributed by atoms with Crippen LogP contribution in [0, 0.1) is 5.92 Å². The molecule has 0 unspecified atom stereocenters. The van der Waals surface area contributed by atoms with Crippen molar-refractivity contribution in [1.82, 2.24) is 0 Å². The first kappa shape index (κ1) is 22.8. The fraction of sp³-hybridized carbons (Fsp3) is 0.440. The van der Waals surface area contributed by atoms with E-state index in [0.717, 1.165) is 12.1 Å². The quantitative estimate of drug-likeness (QED) is 0.662. The molecule has 0 saturated heterocycles. The molecule has 1 aliphatic rings. The number of nitrogens with zero attached hydrogens (tertiary/aromatic N) is 2. The van der Waals surface area contributed by atoms with Gasteiger partial charge in [0.2, 0.25) is 5.91 Å². The normalized spacial score (nSPS) is 14.1. The topological polar surface area (TPSA) is 75.9 Å². The van der Waals surface area contributed by atoms with Crippen molar-refractivity contribution in [3.05, 3.63) is 54.6 Å². The summed E-state index contributed by atoms with van der Waals surface area (Å²) in [7, 11) is 1.72. The second-order valence-corrected chi connectivity index (χ2v) is 8.09. The predicted molar refractivity (Wildman–Crippen MR) is 124 cm³/mol. The molecule has 6 heteroatoms. The lowest BCUT2D eigenvalue weighted by Crippen LogP contribution is -2.38. The predicted octanol–water partition coefficient (Wildman–Crippen LogP) is 3.99. The van der Waals surface area contributed by atoms with Crippen LogP contribution in [0.5, 0.6) is 5.75 Å². The third-order valence-electron chi connectivity index (χ3n) is 5.99. The number of nitrogens with two attached hydrogens (primary N) is 1. The van der Waals surface area contributed by atoms with Gasteiger partial charge in [-0.3, -0.25) is 9.59 Å². The standard InChI is InChI=1S/C25H33N3O3/c1-27(21-12-6-3-7-13-21)25(30)19-31-23-15-9-8-14-22(23)28(24(29)18-26)17-16-20-10-4-2-5-11-20/h3,6-9,12-15,20H,2,4-5,10-11,16-19,26H2,1H3. The third kappa shape index (κ3) is 6.31. The van der Waals surface area contributed by atoms with Crippen molar-refractivity contribution in [3.8, 4) is 5.75 Å². The van der Waals surface area contributed by atoms with Crippen molar-refractivity contribution < 1.29 is 14.3 Å². The van der Waals surface area contributed by atoms with Crippen molar-refractivity contribution in [3.63, 3.8) is 0 Å². The highest BCUT2D eigenvalue weighted by Gasteiger charge is 2.22. The van der Waals surface area contributed by atoms with Gasteiger partial charge < -0.3 is 20.3 Å². The van der Waals surface area contributed by atoms with Crippen molar-refractivity contribution in [2.45, 2.75) is 38.5 Å². The molecule has 2 amide bonds. The summed E-state index contributed by atoms with van der Waals surface area (Å²) in [5, 5.41) is 0. The molecule has 0 spiro atoms.